The normalized spacial score (nSPS) is 13.7. The molecule has 110 valence electrons. The smallest absolute Gasteiger partial charge is 0.191 e. The van der Waals surface area contributed by atoms with Crippen molar-refractivity contribution in [1.82, 2.24) is 0 Å². The molecule has 0 unspecified atom stereocenters. The SMILES string of the molecule is C=CS(=O)(=O)CCC(C)(S(=O)(=O)C=C)S(=O)(=O)C=C. The predicted octanol–water partition coefficient (Wildman–Crippen LogP) is 0.768. The van der Waals surface area contributed by atoms with Gasteiger partial charge in [0.1, 0.15) is 0 Å². The Balaban J connectivity index is 5.93. The lowest BCUT2D eigenvalue weighted by Gasteiger charge is -2.25. The van der Waals surface area contributed by atoms with Crippen LogP contribution in [0.3, 0.4) is 0 Å². The van der Waals surface area contributed by atoms with Crippen LogP contribution in [0.1, 0.15) is 13.3 Å². The number of rotatable bonds is 8. The third kappa shape index (κ3) is 3.54. The highest BCUT2D eigenvalue weighted by molar-refractivity contribution is 8.12. The van der Waals surface area contributed by atoms with Gasteiger partial charge in [-0.05, 0) is 13.3 Å². The van der Waals surface area contributed by atoms with E-state index >= 15 is 0 Å². The van der Waals surface area contributed by atoms with Crippen molar-refractivity contribution in [1.29, 1.82) is 0 Å². The summed E-state index contributed by atoms with van der Waals surface area (Å²) in [6.45, 7) is 10.1. The summed E-state index contributed by atoms with van der Waals surface area (Å²) in [5.74, 6) is -0.660. The lowest BCUT2D eigenvalue weighted by molar-refractivity contribution is 0.551. The first-order valence-electron chi connectivity index (χ1n) is 4.98. The van der Waals surface area contributed by atoms with E-state index in [1.54, 1.807) is 0 Å². The average molecular weight is 328 g/mol. The molecule has 0 saturated carbocycles. The van der Waals surface area contributed by atoms with Crippen LogP contribution < -0.4 is 0 Å². The minimum atomic E-state index is -4.25. The molecule has 19 heavy (non-hydrogen) atoms. The summed E-state index contributed by atoms with van der Waals surface area (Å²) in [5.41, 5.74) is 0. The van der Waals surface area contributed by atoms with E-state index in [-0.39, 0.29) is 0 Å². The van der Waals surface area contributed by atoms with Gasteiger partial charge >= 0.3 is 0 Å². The van der Waals surface area contributed by atoms with E-state index in [1.807, 2.05) is 0 Å². The van der Waals surface area contributed by atoms with E-state index in [1.165, 1.54) is 0 Å². The summed E-state index contributed by atoms with van der Waals surface area (Å²) in [6.07, 6.45) is -0.635. The van der Waals surface area contributed by atoms with E-state index in [0.29, 0.717) is 16.2 Å². The second-order valence-electron chi connectivity index (χ2n) is 3.84. The zero-order valence-corrected chi connectivity index (χ0v) is 12.9. The van der Waals surface area contributed by atoms with Crippen LogP contribution in [-0.2, 0) is 29.5 Å². The molecule has 0 aromatic carbocycles. The Hall–Kier alpha value is -0.930. The van der Waals surface area contributed by atoms with Crippen molar-refractivity contribution in [3.63, 3.8) is 0 Å². The van der Waals surface area contributed by atoms with E-state index in [4.69, 9.17) is 0 Å². The van der Waals surface area contributed by atoms with Gasteiger partial charge in [0, 0.05) is 16.2 Å². The molecule has 0 aliphatic rings. The maximum atomic E-state index is 11.9. The average Bonchev–Trinajstić information content (AvgIpc) is 2.35. The molecule has 0 amide bonds. The van der Waals surface area contributed by atoms with Gasteiger partial charge in [0.2, 0.25) is 0 Å². The van der Waals surface area contributed by atoms with Gasteiger partial charge in [-0.2, -0.15) is 0 Å². The Labute approximate surface area is 114 Å². The molecule has 9 heteroatoms. The molecule has 0 bridgehead atoms. The molecule has 0 spiro atoms. The van der Waals surface area contributed by atoms with Crippen molar-refractivity contribution < 1.29 is 25.3 Å². The van der Waals surface area contributed by atoms with Gasteiger partial charge in [-0.3, -0.25) is 0 Å². The fourth-order valence-electron chi connectivity index (χ4n) is 1.21. The topological polar surface area (TPSA) is 102 Å². The van der Waals surface area contributed by atoms with Crippen molar-refractivity contribution in [3.8, 4) is 0 Å². The molecule has 0 saturated heterocycles. The first kappa shape index (κ1) is 18.1. The molecule has 0 N–H and O–H groups in total. The predicted molar refractivity (Wildman–Crippen MR) is 75.2 cm³/mol. The molecule has 0 aromatic rings. The third-order valence-electron chi connectivity index (χ3n) is 2.74. The maximum Gasteiger partial charge on any atom is 0.191 e. The van der Waals surface area contributed by atoms with Crippen LogP contribution in [0.15, 0.2) is 36.0 Å². The molecule has 6 nitrogen and oxygen atoms in total. The Kier molecular flexibility index (Phi) is 5.32. The summed E-state index contributed by atoms with van der Waals surface area (Å²) in [4.78, 5) is 0. The highest BCUT2D eigenvalue weighted by atomic mass is 32.3. The van der Waals surface area contributed by atoms with Crippen LogP contribution in [0.5, 0.6) is 0 Å². The highest BCUT2D eigenvalue weighted by Crippen LogP contribution is 2.31. The van der Waals surface area contributed by atoms with Gasteiger partial charge in [-0.15, -0.1) is 0 Å². The van der Waals surface area contributed by atoms with Crippen molar-refractivity contribution in [2.24, 2.45) is 0 Å². The molecular weight excluding hydrogens is 312 g/mol. The van der Waals surface area contributed by atoms with Gasteiger partial charge in [-0.1, -0.05) is 19.7 Å². The summed E-state index contributed by atoms with van der Waals surface area (Å²) in [5, 5.41) is 1.64. The van der Waals surface area contributed by atoms with Crippen LogP contribution in [0, 0.1) is 0 Å². The Morgan fingerprint density at radius 2 is 1.21 bits per heavy atom. The van der Waals surface area contributed by atoms with E-state index in [0.717, 1.165) is 6.92 Å². The summed E-state index contributed by atoms with van der Waals surface area (Å²) in [7, 11) is -12.2. The van der Waals surface area contributed by atoms with E-state index < -0.39 is 45.8 Å². The number of hydrogen-bond donors (Lipinski definition) is 0. The molecule has 0 radical (unpaired) electrons. The van der Waals surface area contributed by atoms with E-state index in [9.17, 15) is 25.3 Å². The van der Waals surface area contributed by atoms with Gasteiger partial charge in [0.25, 0.3) is 0 Å². The second-order valence-corrected chi connectivity index (χ2v) is 10.8. The van der Waals surface area contributed by atoms with Crippen LogP contribution in [0.4, 0.5) is 0 Å². The summed E-state index contributed by atoms with van der Waals surface area (Å²) < 4.78 is 67.8. The summed E-state index contributed by atoms with van der Waals surface area (Å²) in [6, 6.07) is 0. The summed E-state index contributed by atoms with van der Waals surface area (Å²) >= 11 is 0. The molecular formula is C10H16O6S3. The van der Waals surface area contributed by atoms with E-state index in [2.05, 4.69) is 19.7 Å². The molecule has 0 atom stereocenters. The van der Waals surface area contributed by atoms with Crippen LogP contribution >= 0.6 is 0 Å². The van der Waals surface area contributed by atoms with Gasteiger partial charge in [0.15, 0.2) is 33.6 Å². The number of sulfone groups is 3. The monoisotopic (exact) mass is 328 g/mol. The quantitative estimate of drug-likeness (QED) is 0.652. The maximum absolute atomic E-state index is 11.9. The fourth-order valence-corrected chi connectivity index (χ4v) is 5.51. The molecule has 0 rings (SSSR count). The lowest BCUT2D eigenvalue weighted by Crippen LogP contribution is -2.42. The first-order chi connectivity index (χ1) is 8.39. The van der Waals surface area contributed by atoms with Crippen LogP contribution in [-0.4, -0.2) is 35.1 Å². The minimum absolute atomic E-state index is 0.495. The fraction of sp³-hybridized carbons (Fsp3) is 0.400. The second kappa shape index (κ2) is 5.59. The van der Waals surface area contributed by atoms with Gasteiger partial charge in [-0.25, -0.2) is 25.3 Å². The number of hydrogen-bond acceptors (Lipinski definition) is 6. The molecule has 0 aliphatic carbocycles. The highest BCUT2D eigenvalue weighted by Gasteiger charge is 2.48. The van der Waals surface area contributed by atoms with Gasteiger partial charge < -0.3 is 0 Å². The van der Waals surface area contributed by atoms with Crippen molar-refractivity contribution in [3.05, 3.63) is 36.0 Å². The lowest BCUT2D eigenvalue weighted by atomic mass is 10.4. The zero-order valence-electron chi connectivity index (χ0n) is 10.4. The third-order valence-corrected chi connectivity index (χ3v) is 9.11. The first-order valence-corrected chi connectivity index (χ1v) is 9.79. The van der Waals surface area contributed by atoms with Crippen LogP contribution in [0.25, 0.3) is 0 Å². The molecule has 0 fully saturated rings. The minimum Gasteiger partial charge on any atom is -0.224 e. The molecule has 0 aliphatic heterocycles. The van der Waals surface area contributed by atoms with Crippen molar-refractivity contribution >= 4 is 29.5 Å². The van der Waals surface area contributed by atoms with Crippen molar-refractivity contribution in [2.45, 2.75) is 17.4 Å². The largest absolute Gasteiger partial charge is 0.224 e. The Bertz CT molecular complexity index is 642. The Morgan fingerprint density at radius 1 is 0.842 bits per heavy atom. The standard InChI is InChI=1S/C10H16O6S3/c1-5-17(11,12)9-8-10(4,18(13,14)6-2)19(15,16)7-3/h5-7H,1-3,8-9H2,4H3. The van der Waals surface area contributed by atoms with Crippen LogP contribution in [0.2, 0.25) is 0 Å². The molecule has 0 heterocycles. The Morgan fingerprint density at radius 3 is 1.47 bits per heavy atom. The zero-order chi connectivity index (χ0) is 15.5. The van der Waals surface area contributed by atoms with Gasteiger partial charge in [0.05, 0.1) is 5.75 Å². The van der Waals surface area contributed by atoms with Crippen molar-refractivity contribution in [2.75, 3.05) is 5.75 Å². The molecule has 0 aromatic heterocycles.